The zero-order valence-corrected chi connectivity index (χ0v) is 23.6. The summed E-state index contributed by atoms with van der Waals surface area (Å²) in [6.07, 6.45) is 3.85. The first-order valence-electron chi connectivity index (χ1n) is 12.0. The van der Waals surface area contributed by atoms with Gasteiger partial charge in [0.1, 0.15) is 10.6 Å². The maximum Gasteiger partial charge on any atom is 0.263 e. The minimum Gasteiger partial charge on any atom is -0.494 e. The second kappa shape index (κ2) is 12.1. The van der Waals surface area contributed by atoms with Crippen molar-refractivity contribution in [2.75, 3.05) is 31.8 Å². The van der Waals surface area contributed by atoms with Gasteiger partial charge in [-0.15, -0.1) is 11.3 Å². The molecule has 9 nitrogen and oxygen atoms in total. The molecule has 0 fully saturated rings. The molecular formula is C25H29N5O4S3. The van der Waals surface area contributed by atoms with Gasteiger partial charge in [-0.05, 0) is 56.9 Å². The molecule has 0 saturated carbocycles. The van der Waals surface area contributed by atoms with E-state index < -0.39 is 0 Å². The van der Waals surface area contributed by atoms with Crippen molar-refractivity contribution in [2.45, 2.75) is 44.8 Å². The van der Waals surface area contributed by atoms with Gasteiger partial charge in [-0.25, -0.2) is 9.97 Å². The fourth-order valence-corrected chi connectivity index (χ4v) is 7.02. The fourth-order valence-electron chi connectivity index (χ4n) is 3.95. The summed E-state index contributed by atoms with van der Waals surface area (Å²) in [7, 11) is 3.38. The lowest BCUT2D eigenvalue weighted by atomic mass is 10.2. The third kappa shape index (κ3) is 6.13. The molecule has 0 spiro atoms. The molecule has 196 valence electrons. The molecule has 0 atom stereocenters. The SMILES string of the molecule is CCOc1ccc2nc(NC(=O)CSc3nc4sc5c(c4c(=O)n3CC)CCC5)sc2c1.CN(C)C=O. The highest BCUT2D eigenvalue weighted by atomic mass is 32.2. The topological polar surface area (TPSA) is 106 Å². The average molecular weight is 560 g/mol. The number of aryl methyl sites for hydroxylation is 2. The van der Waals surface area contributed by atoms with E-state index in [1.165, 1.54) is 38.4 Å². The highest BCUT2D eigenvalue weighted by molar-refractivity contribution is 7.99. The number of hydrogen-bond donors (Lipinski definition) is 1. The second-order valence-electron chi connectivity index (χ2n) is 8.47. The first kappa shape index (κ1) is 27.1. The van der Waals surface area contributed by atoms with Crippen LogP contribution in [0.15, 0.2) is 28.2 Å². The lowest BCUT2D eigenvalue weighted by Crippen LogP contribution is -2.23. The van der Waals surface area contributed by atoms with E-state index in [2.05, 4.69) is 10.3 Å². The highest BCUT2D eigenvalue weighted by Gasteiger charge is 2.23. The Hall–Kier alpha value is -2.96. The van der Waals surface area contributed by atoms with Crippen LogP contribution in [0.4, 0.5) is 5.13 Å². The lowest BCUT2D eigenvalue weighted by molar-refractivity contribution is -0.116. The number of nitrogens with zero attached hydrogens (tertiary/aromatic N) is 4. The molecule has 2 amide bonds. The van der Waals surface area contributed by atoms with Crippen molar-refractivity contribution >= 4 is 72.3 Å². The van der Waals surface area contributed by atoms with Gasteiger partial charge in [-0.2, -0.15) is 0 Å². The van der Waals surface area contributed by atoms with Gasteiger partial charge in [-0.3, -0.25) is 19.0 Å². The molecule has 1 aliphatic rings. The largest absolute Gasteiger partial charge is 0.494 e. The number of anilines is 1. The number of amides is 2. The number of carbonyl (C=O) groups excluding carboxylic acids is 2. The summed E-state index contributed by atoms with van der Waals surface area (Å²) < 4.78 is 8.16. The number of thiazole rings is 1. The van der Waals surface area contributed by atoms with E-state index >= 15 is 0 Å². The normalized spacial score (nSPS) is 12.2. The van der Waals surface area contributed by atoms with Gasteiger partial charge in [-0.1, -0.05) is 23.1 Å². The van der Waals surface area contributed by atoms with E-state index in [0.717, 1.165) is 51.9 Å². The van der Waals surface area contributed by atoms with Crippen LogP contribution >= 0.6 is 34.4 Å². The number of ether oxygens (including phenoxy) is 1. The molecule has 3 heterocycles. The van der Waals surface area contributed by atoms with Crippen LogP contribution in [0, 0.1) is 0 Å². The molecule has 0 bridgehead atoms. The van der Waals surface area contributed by atoms with Crippen molar-refractivity contribution in [2.24, 2.45) is 0 Å². The number of thiophene rings is 1. The van der Waals surface area contributed by atoms with Crippen LogP contribution in [0.2, 0.25) is 0 Å². The Balaban J connectivity index is 0.000000586. The smallest absolute Gasteiger partial charge is 0.263 e. The zero-order valence-electron chi connectivity index (χ0n) is 21.2. The summed E-state index contributed by atoms with van der Waals surface area (Å²) in [6, 6.07) is 5.69. The molecule has 1 N–H and O–H groups in total. The van der Waals surface area contributed by atoms with Gasteiger partial charge < -0.3 is 15.0 Å². The quantitative estimate of drug-likeness (QED) is 0.194. The van der Waals surface area contributed by atoms with E-state index in [-0.39, 0.29) is 17.2 Å². The molecular weight excluding hydrogens is 531 g/mol. The zero-order chi connectivity index (χ0) is 26.5. The van der Waals surface area contributed by atoms with E-state index in [0.29, 0.717) is 23.4 Å². The predicted octanol–water partition coefficient (Wildman–Crippen LogP) is 4.41. The van der Waals surface area contributed by atoms with E-state index in [1.54, 1.807) is 30.0 Å². The van der Waals surface area contributed by atoms with Gasteiger partial charge in [0.15, 0.2) is 10.3 Å². The average Bonchev–Trinajstić information content (AvgIpc) is 3.57. The Morgan fingerprint density at radius 3 is 2.73 bits per heavy atom. The fraction of sp³-hybridized carbons (Fsp3) is 0.400. The monoisotopic (exact) mass is 559 g/mol. The Labute approximate surface area is 226 Å². The molecule has 0 radical (unpaired) electrons. The van der Waals surface area contributed by atoms with Crippen LogP contribution in [0.25, 0.3) is 20.4 Å². The molecule has 1 aromatic carbocycles. The third-order valence-electron chi connectivity index (χ3n) is 5.57. The molecule has 5 rings (SSSR count). The van der Waals surface area contributed by atoms with Gasteiger partial charge in [0.2, 0.25) is 12.3 Å². The van der Waals surface area contributed by atoms with Crippen molar-refractivity contribution in [1.29, 1.82) is 0 Å². The molecule has 12 heteroatoms. The van der Waals surface area contributed by atoms with E-state index in [9.17, 15) is 14.4 Å². The van der Waals surface area contributed by atoms with E-state index in [1.807, 2.05) is 32.0 Å². The van der Waals surface area contributed by atoms with Crippen molar-refractivity contribution in [3.63, 3.8) is 0 Å². The maximum absolute atomic E-state index is 13.1. The molecule has 0 aliphatic heterocycles. The highest BCUT2D eigenvalue weighted by Crippen LogP contribution is 2.35. The van der Waals surface area contributed by atoms with Gasteiger partial charge in [0.05, 0.1) is 28.0 Å². The standard InChI is InChI=1S/C22H22N4O3S3.C3H7NO/c1-3-26-20(28)18-13-6-5-7-15(13)31-19(18)25-22(26)30-11-17(27)24-21-23-14-9-8-12(29-4-2)10-16(14)32-21;1-4(2)3-5/h8-10H,3-7,11H2,1-2H3,(H,23,24,27);3H,1-2H3. The van der Waals surface area contributed by atoms with Crippen LogP contribution in [0.1, 0.15) is 30.7 Å². The summed E-state index contributed by atoms with van der Waals surface area (Å²) in [5, 5.41) is 4.78. The number of nitrogens with one attached hydrogen (secondary N) is 1. The van der Waals surface area contributed by atoms with Crippen LogP contribution in [0.3, 0.4) is 0 Å². The summed E-state index contributed by atoms with van der Waals surface area (Å²) in [5.74, 6) is 0.767. The number of thioether (sulfide) groups is 1. The molecule has 0 unspecified atom stereocenters. The van der Waals surface area contributed by atoms with Crippen LogP contribution < -0.4 is 15.6 Å². The number of fused-ring (bicyclic) bond motifs is 4. The minimum absolute atomic E-state index is 0.0103. The molecule has 37 heavy (non-hydrogen) atoms. The minimum atomic E-state index is -0.176. The van der Waals surface area contributed by atoms with Crippen LogP contribution in [-0.2, 0) is 29.0 Å². The van der Waals surface area contributed by atoms with Gasteiger partial charge in [0, 0.05) is 25.5 Å². The Morgan fingerprint density at radius 2 is 2.03 bits per heavy atom. The maximum atomic E-state index is 13.1. The lowest BCUT2D eigenvalue weighted by Gasteiger charge is -2.10. The molecule has 0 saturated heterocycles. The number of aromatic nitrogens is 3. The molecule has 4 aromatic rings. The van der Waals surface area contributed by atoms with Gasteiger partial charge >= 0.3 is 0 Å². The molecule has 3 aromatic heterocycles. The first-order chi connectivity index (χ1) is 17.8. The van der Waals surface area contributed by atoms with Crippen LogP contribution in [0.5, 0.6) is 5.75 Å². The van der Waals surface area contributed by atoms with Crippen molar-refractivity contribution in [3.05, 3.63) is 39.0 Å². The molecule has 1 aliphatic carbocycles. The van der Waals surface area contributed by atoms with Crippen molar-refractivity contribution in [1.82, 2.24) is 19.4 Å². The van der Waals surface area contributed by atoms with Crippen molar-refractivity contribution < 1.29 is 14.3 Å². The van der Waals surface area contributed by atoms with Crippen molar-refractivity contribution in [3.8, 4) is 5.75 Å². The number of benzene rings is 1. The summed E-state index contributed by atoms with van der Waals surface area (Å²) in [5.41, 5.74) is 2.01. The summed E-state index contributed by atoms with van der Waals surface area (Å²) in [6.45, 7) is 5.00. The summed E-state index contributed by atoms with van der Waals surface area (Å²) in [4.78, 5) is 47.9. The Kier molecular flexibility index (Phi) is 8.83. The van der Waals surface area contributed by atoms with Crippen LogP contribution in [-0.4, -0.2) is 58.2 Å². The predicted molar refractivity (Wildman–Crippen MR) is 151 cm³/mol. The first-order valence-corrected chi connectivity index (χ1v) is 14.6. The second-order valence-corrected chi connectivity index (χ2v) is 11.5. The third-order valence-corrected chi connectivity index (χ3v) is 8.66. The number of rotatable bonds is 8. The number of carbonyl (C=O) groups is 2. The van der Waals surface area contributed by atoms with Gasteiger partial charge in [0.25, 0.3) is 5.56 Å². The number of hydrogen-bond acceptors (Lipinski definition) is 9. The Bertz CT molecular complexity index is 1490. The summed E-state index contributed by atoms with van der Waals surface area (Å²) >= 11 is 4.32. The van der Waals surface area contributed by atoms with E-state index in [4.69, 9.17) is 9.72 Å². The Morgan fingerprint density at radius 1 is 1.24 bits per heavy atom.